The van der Waals surface area contributed by atoms with E-state index in [0.717, 1.165) is 39.2 Å². The summed E-state index contributed by atoms with van der Waals surface area (Å²) in [5.41, 5.74) is 1.39. The maximum Gasteiger partial charge on any atom is 0.0728 e. The molecule has 0 saturated carbocycles. The van der Waals surface area contributed by atoms with E-state index in [2.05, 4.69) is 18.3 Å². The fourth-order valence-corrected chi connectivity index (χ4v) is 2.45. The second-order valence-corrected chi connectivity index (χ2v) is 4.65. The molecule has 0 aromatic carbocycles. The van der Waals surface area contributed by atoms with Gasteiger partial charge in [0.1, 0.15) is 0 Å². The number of nitrogens with one attached hydrogen (secondary N) is 1. The average molecular weight is 225 g/mol. The van der Waals surface area contributed by atoms with Gasteiger partial charge in [-0.3, -0.25) is 0 Å². The molecule has 0 aliphatic carbocycles. The second-order valence-electron chi connectivity index (χ2n) is 4.65. The molecule has 3 heteroatoms. The van der Waals surface area contributed by atoms with E-state index in [9.17, 15) is 0 Å². The predicted molar refractivity (Wildman–Crippen MR) is 64.6 cm³/mol. The van der Waals surface area contributed by atoms with Crippen molar-refractivity contribution < 1.29 is 9.47 Å². The smallest absolute Gasteiger partial charge is 0.0728 e. The summed E-state index contributed by atoms with van der Waals surface area (Å²) >= 11 is 0. The van der Waals surface area contributed by atoms with Crippen LogP contribution in [0, 0.1) is 0 Å². The zero-order valence-electron chi connectivity index (χ0n) is 10.2. The van der Waals surface area contributed by atoms with Gasteiger partial charge in [-0.2, -0.15) is 0 Å². The van der Waals surface area contributed by atoms with Crippen LogP contribution < -0.4 is 5.32 Å². The van der Waals surface area contributed by atoms with E-state index in [1.807, 2.05) is 0 Å². The molecule has 1 saturated heterocycles. The molecule has 2 unspecified atom stereocenters. The van der Waals surface area contributed by atoms with Crippen LogP contribution in [-0.2, 0) is 9.47 Å². The van der Waals surface area contributed by atoms with Crippen LogP contribution in [0.25, 0.3) is 0 Å². The zero-order chi connectivity index (χ0) is 11.2. The minimum absolute atomic E-state index is 0.426. The van der Waals surface area contributed by atoms with E-state index in [1.54, 1.807) is 0 Å². The Bertz CT molecular complexity index is 234. The summed E-state index contributed by atoms with van der Waals surface area (Å²) in [7, 11) is 0. The van der Waals surface area contributed by atoms with Gasteiger partial charge in [-0.15, -0.1) is 0 Å². The van der Waals surface area contributed by atoms with Crippen molar-refractivity contribution in [3.63, 3.8) is 0 Å². The lowest BCUT2D eigenvalue weighted by atomic mass is 10.0. The van der Waals surface area contributed by atoms with Gasteiger partial charge in [0.2, 0.25) is 0 Å². The molecule has 0 amide bonds. The third kappa shape index (κ3) is 3.30. The standard InChI is InChI=1S/C13H23NO2/c1-2-12(13-6-4-8-16-13)14-9-11-5-3-7-15-10-11/h5,12-14H,2-4,6-10H2,1H3. The molecule has 0 aromatic heterocycles. The van der Waals surface area contributed by atoms with Crippen molar-refractivity contribution in [2.45, 2.75) is 44.8 Å². The minimum Gasteiger partial charge on any atom is -0.377 e. The van der Waals surface area contributed by atoms with Crippen molar-refractivity contribution in [3.05, 3.63) is 11.6 Å². The summed E-state index contributed by atoms with van der Waals surface area (Å²) < 4.78 is 11.2. The average Bonchev–Trinajstić information content (AvgIpc) is 2.85. The zero-order valence-corrected chi connectivity index (χ0v) is 10.2. The van der Waals surface area contributed by atoms with Gasteiger partial charge in [0, 0.05) is 19.2 Å². The van der Waals surface area contributed by atoms with Gasteiger partial charge in [-0.05, 0) is 31.3 Å². The van der Waals surface area contributed by atoms with E-state index in [1.165, 1.54) is 18.4 Å². The van der Waals surface area contributed by atoms with Gasteiger partial charge in [0.05, 0.1) is 19.3 Å². The lowest BCUT2D eigenvalue weighted by Gasteiger charge is -2.24. The predicted octanol–water partition coefficient (Wildman–Crippen LogP) is 1.88. The Morgan fingerprint density at radius 2 is 2.44 bits per heavy atom. The van der Waals surface area contributed by atoms with Crippen LogP contribution in [0.4, 0.5) is 0 Å². The maximum absolute atomic E-state index is 5.73. The first kappa shape index (κ1) is 12.1. The number of ether oxygens (including phenoxy) is 2. The quantitative estimate of drug-likeness (QED) is 0.725. The lowest BCUT2D eigenvalue weighted by Crippen LogP contribution is -2.40. The molecule has 2 aliphatic rings. The highest BCUT2D eigenvalue weighted by molar-refractivity contribution is 5.07. The van der Waals surface area contributed by atoms with E-state index in [4.69, 9.17) is 9.47 Å². The highest BCUT2D eigenvalue weighted by Crippen LogP contribution is 2.17. The molecule has 1 fully saturated rings. The first-order chi connectivity index (χ1) is 7.90. The van der Waals surface area contributed by atoms with Crippen molar-refractivity contribution in [1.29, 1.82) is 0 Å². The van der Waals surface area contributed by atoms with E-state index < -0.39 is 0 Å². The van der Waals surface area contributed by atoms with Gasteiger partial charge in [0.25, 0.3) is 0 Å². The molecule has 2 heterocycles. The van der Waals surface area contributed by atoms with Crippen molar-refractivity contribution in [3.8, 4) is 0 Å². The molecule has 0 bridgehead atoms. The van der Waals surface area contributed by atoms with E-state index >= 15 is 0 Å². The molecule has 0 radical (unpaired) electrons. The van der Waals surface area contributed by atoms with Gasteiger partial charge < -0.3 is 14.8 Å². The van der Waals surface area contributed by atoms with Crippen molar-refractivity contribution in [2.24, 2.45) is 0 Å². The molecule has 3 nitrogen and oxygen atoms in total. The molecule has 0 aromatic rings. The molecule has 2 rings (SSSR count). The molecule has 2 atom stereocenters. The summed E-state index contributed by atoms with van der Waals surface area (Å²) in [6.07, 6.45) is 7.36. The largest absolute Gasteiger partial charge is 0.377 e. The van der Waals surface area contributed by atoms with E-state index in [-0.39, 0.29) is 0 Å². The highest BCUT2D eigenvalue weighted by atomic mass is 16.5. The number of rotatable bonds is 5. The first-order valence-corrected chi connectivity index (χ1v) is 6.50. The Hall–Kier alpha value is -0.380. The molecule has 1 N–H and O–H groups in total. The molecule has 0 spiro atoms. The van der Waals surface area contributed by atoms with Crippen molar-refractivity contribution in [2.75, 3.05) is 26.4 Å². The van der Waals surface area contributed by atoms with E-state index in [0.29, 0.717) is 12.1 Å². The van der Waals surface area contributed by atoms with Crippen LogP contribution >= 0.6 is 0 Å². The monoisotopic (exact) mass is 225 g/mol. The molecule has 2 aliphatic heterocycles. The highest BCUT2D eigenvalue weighted by Gasteiger charge is 2.24. The third-order valence-electron chi connectivity index (χ3n) is 3.43. The van der Waals surface area contributed by atoms with Crippen molar-refractivity contribution in [1.82, 2.24) is 5.32 Å². The lowest BCUT2D eigenvalue weighted by molar-refractivity contribution is 0.0770. The second kappa shape index (κ2) is 6.38. The Balaban J connectivity index is 1.75. The molecule has 92 valence electrons. The molecular weight excluding hydrogens is 202 g/mol. The Kier molecular flexibility index (Phi) is 4.82. The van der Waals surface area contributed by atoms with Crippen LogP contribution in [0.3, 0.4) is 0 Å². The molecule has 16 heavy (non-hydrogen) atoms. The van der Waals surface area contributed by atoms with Gasteiger partial charge >= 0.3 is 0 Å². The third-order valence-corrected chi connectivity index (χ3v) is 3.43. The van der Waals surface area contributed by atoms with Gasteiger partial charge in [-0.25, -0.2) is 0 Å². The van der Waals surface area contributed by atoms with Crippen LogP contribution in [0.2, 0.25) is 0 Å². The Morgan fingerprint density at radius 1 is 1.50 bits per heavy atom. The Labute approximate surface area is 98.2 Å². The first-order valence-electron chi connectivity index (χ1n) is 6.50. The summed E-state index contributed by atoms with van der Waals surface area (Å²) in [5.74, 6) is 0. The minimum atomic E-state index is 0.426. The fraction of sp³-hybridized carbons (Fsp3) is 0.846. The van der Waals surface area contributed by atoms with Crippen LogP contribution in [-0.4, -0.2) is 38.5 Å². The number of hydrogen-bond acceptors (Lipinski definition) is 3. The maximum atomic E-state index is 5.73. The summed E-state index contributed by atoms with van der Waals surface area (Å²) in [5, 5.41) is 3.61. The fourth-order valence-electron chi connectivity index (χ4n) is 2.45. The van der Waals surface area contributed by atoms with Crippen LogP contribution in [0.15, 0.2) is 11.6 Å². The Morgan fingerprint density at radius 3 is 3.06 bits per heavy atom. The number of hydrogen-bond donors (Lipinski definition) is 1. The summed E-state index contributed by atoms with van der Waals surface area (Å²) in [6.45, 7) is 5.81. The van der Waals surface area contributed by atoms with Gasteiger partial charge in [0.15, 0.2) is 0 Å². The van der Waals surface area contributed by atoms with Crippen LogP contribution in [0.1, 0.15) is 32.6 Å². The van der Waals surface area contributed by atoms with Crippen LogP contribution in [0.5, 0.6) is 0 Å². The SMILES string of the molecule is CCC(NCC1=CCCOC1)C1CCCO1. The summed E-state index contributed by atoms with van der Waals surface area (Å²) in [4.78, 5) is 0. The van der Waals surface area contributed by atoms with Crippen molar-refractivity contribution >= 4 is 0 Å². The van der Waals surface area contributed by atoms with Gasteiger partial charge in [-0.1, -0.05) is 13.0 Å². The summed E-state index contributed by atoms with van der Waals surface area (Å²) in [6, 6.07) is 0.505. The topological polar surface area (TPSA) is 30.5 Å². The molecular formula is C13H23NO2. The normalized spacial score (nSPS) is 27.8.